The predicted molar refractivity (Wildman–Crippen MR) is 63.1 cm³/mol. The molecule has 1 heterocycles. The second-order valence-corrected chi connectivity index (χ2v) is 5.51. The molecule has 0 amide bonds. The van der Waals surface area contributed by atoms with E-state index in [2.05, 4.69) is 14.9 Å². The van der Waals surface area contributed by atoms with E-state index in [-0.39, 0.29) is 11.4 Å². The third kappa shape index (κ3) is 5.26. The van der Waals surface area contributed by atoms with Crippen molar-refractivity contribution in [1.82, 2.24) is 19.8 Å². The quantitative estimate of drug-likeness (QED) is 0.603. The molecule has 0 aliphatic carbocycles. The molecule has 0 unspecified atom stereocenters. The van der Waals surface area contributed by atoms with Gasteiger partial charge in [-0.25, -0.2) is 13.1 Å². The Bertz CT molecular complexity index is 402. The van der Waals surface area contributed by atoms with Crippen molar-refractivity contribution in [2.24, 2.45) is 0 Å². The van der Waals surface area contributed by atoms with Gasteiger partial charge in [-0.1, -0.05) is 0 Å². The van der Waals surface area contributed by atoms with Crippen molar-refractivity contribution in [1.29, 1.82) is 0 Å². The van der Waals surface area contributed by atoms with Gasteiger partial charge in [-0.05, 0) is 14.1 Å². The highest BCUT2D eigenvalue weighted by Crippen LogP contribution is 2.03. The highest BCUT2D eigenvalue weighted by molar-refractivity contribution is 7.89. The molecule has 98 valence electrons. The van der Waals surface area contributed by atoms with Gasteiger partial charge >= 0.3 is 0 Å². The number of rotatable bonds is 8. The first-order valence-electron chi connectivity index (χ1n) is 5.23. The lowest BCUT2D eigenvalue weighted by atomic mass is 10.6. The normalized spacial score (nSPS) is 12.2. The van der Waals surface area contributed by atoms with Crippen molar-refractivity contribution < 1.29 is 13.2 Å². The minimum absolute atomic E-state index is 0.130. The van der Waals surface area contributed by atoms with E-state index in [0.717, 1.165) is 6.54 Å². The Morgan fingerprint density at radius 2 is 2.24 bits per heavy atom. The summed E-state index contributed by atoms with van der Waals surface area (Å²) in [6.45, 7) is 2.00. The van der Waals surface area contributed by atoms with Gasteiger partial charge in [-0.15, -0.1) is 0 Å². The second kappa shape index (κ2) is 6.70. The van der Waals surface area contributed by atoms with E-state index >= 15 is 0 Å². The maximum Gasteiger partial charge on any atom is 0.243 e. The van der Waals surface area contributed by atoms with E-state index in [9.17, 15) is 8.42 Å². The smallest absolute Gasteiger partial charge is 0.243 e. The van der Waals surface area contributed by atoms with Crippen LogP contribution in [0.4, 0.5) is 0 Å². The molecule has 0 aliphatic heterocycles. The zero-order valence-corrected chi connectivity index (χ0v) is 10.8. The Morgan fingerprint density at radius 1 is 1.47 bits per heavy atom. The molecule has 0 aromatic carbocycles. The van der Waals surface area contributed by atoms with Gasteiger partial charge in [0, 0.05) is 19.3 Å². The molecule has 0 atom stereocenters. The van der Waals surface area contributed by atoms with Crippen LogP contribution < -0.4 is 4.72 Å². The summed E-state index contributed by atoms with van der Waals surface area (Å²) in [6, 6.07) is 0. The fourth-order valence-corrected chi connectivity index (χ4v) is 1.98. The molecular weight excluding hydrogens is 244 g/mol. The molecule has 1 rings (SSSR count). The van der Waals surface area contributed by atoms with Gasteiger partial charge in [0.25, 0.3) is 0 Å². The van der Waals surface area contributed by atoms with Crippen molar-refractivity contribution in [2.75, 3.05) is 40.4 Å². The van der Waals surface area contributed by atoms with Gasteiger partial charge in [-0.3, -0.25) is 5.10 Å². The fraction of sp³-hybridized carbons (Fsp3) is 0.667. The molecule has 17 heavy (non-hydrogen) atoms. The number of sulfonamides is 1. The molecule has 2 N–H and O–H groups in total. The van der Waals surface area contributed by atoms with Gasteiger partial charge in [-0.2, -0.15) is 5.10 Å². The fourth-order valence-electron chi connectivity index (χ4n) is 1.07. The number of nitrogens with one attached hydrogen (secondary N) is 2. The molecule has 8 heteroatoms. The number of H-pyrrole nitrogens is 1. The molecule has 0 spiro atoms. The van der Waals surface area contributed by atoms with Crippen LogP contribution in [0.15, 0.2) is 17.3 Å². The summed E-state index contributed by atoms with van der Waals surface area (Å²) >= 11 is 0. The van der Waals surface area contributed by atoms with Crippen molar-refractivity contribution in [3.8, 4) is 0 Å². The van der Waals surface area contributed by atoms with Crippen molar-refractivity contribution in [3.05, 3.63) is 12.4 Å². The molecule has 0 fully saturated rings. The number of ether oxygens (including phenoxy) is 1. The van der Waals surface area contributed by atoms with Crippen LogP contribution in [0, 0.1) is 0 Å². The second-order valence-electron chi connectivity index (χ2n) is 3.75. The van der Waals surface area contributed by atoms with E-state index < -0.39 is 10.0 Å². The Hall–Kier alpha value is -0.960. The summed E-state index contributed by atoms with van der Waals surface area (Å²) in [5.74, 6) is 0. The van der Waals surface area contributed by atoms with Crippen LogP contribution in [-0.2, 0) is 14.8 Å². The van der Waals surface area contributed by atoms with E-state index in [4.69, 9.17) is 4.74 Å². The lowest BCUT2D eigenvalue weighted by Crippen LogP contribution is -2.28. The minimum atomic E-state index is -3.45. The third-order valence-electron chi connectivity index (χ3n) is 2.00. The zero-order valence-electron chi connectivity index (χ0n) is 10.0. The number of hydrogen-bond donors (Lipinski definition) is 2. The lowest BCUT2D eigenvalue weighted by molar-refractivity contribution is 0.122. The van der Waals surface area contributed by atoms with Crippen LogP contribution in [0.2, 0.25) is 0 Å². The first-order chi connectivity index (χ1) is 8.02. The molecule has 0 saturated heterocycles. The molecule has 0 aliphatic rings. The topological polar surface area (TPSA) is 87.3 Å². The monoisotopic (exact) mass is 262 g/mol. The van der Waals surface area contributed by atoms with Gasteiger partial charge in [0.2, 0.25) is 10.0 Å². The summed E-state index contributed by atoms with van der Waals surface area (Å²) in [4.78, 5) is 2.13. The van der Waals surface area contributed by atoms with Crippen molar-refractivity contribution >= 4 is 10.0 Å². The van der Waals surface area contributed by atoms with Crippen LogP contribution in [0.1, 0.15) is 0 Å². The molecule has 7 nitrogen and oxygen atoms in total. The highest BCUT2D eigenvalue weighted by Gasteiger charge is 2.13. The van der Waals surface area contributed by atoms with Crippen molar-refractivity contribution in [3.63, 3.8) is 0 Å². The lowest BCUT2D eigenvalue weighted by Gasteiger charge is -2.10. The van der Waals surface area contributed by atoms with E-state index in [0.29, 0.717) is 13.2 Å². The molecule has 1 aromatic rings. The van der Waals surface area contributed by atoms with Gasteiger partial charge in [0.05, 0.1) is 19.4 Å². The molecule has 0 radical (unpaired) electrons. The average Bonchev–Trinajstić information content (AvgIpc) is 2.76. The predicted octanol–water partition coefficient (Wildman–Crippen LogP) is -0.734. The standard InChI is InChI=1S/C9H18N4O3S/c1-13(2)4-6-16-5-3-12-17(14,15)9-7-10-11-8-9/h7-8,12H,3-6H2,1-2H3,(H,10,11). The van der Waals surface area contributed by atoms with Crippen LogP contribution in [0.25, 0.3) is 0 Å². The van der Waals surface area contributed by atoms with Crippen LogP contribution >= 0.6 is 0 Å². The number of aromatic amines is 1. The van der Waals surface area contributed by atoms with Gasteiger partial charge < -0.3 is 9.64 Å². The van der Waals surface area contributed by atoms with Crippen molar-refractivity contribution in [2.45, 2.75) is 4.90 Å². The highest BCUT2D eigenvalue weighted by atomic mass is 32.2. The molecular formula is C9H18N4O3S. The zero-order chi connectivity index (χ0) is 12.7. The molecule has 1 aromatic heterocycles. The summed E-state index contributed by atoms with van der Waals surface area (Å²) in [5, 5.41) is 6.04. The Labute approximate surface area is 101 Å². The van der Waals surface area contributed by atoms with Crippen LogP contribution in [0.5, 0.6) is 0 Å². The van der Waals surface area contributed by atoms with Crippen LogP contribution in [-0.4, -0.2) is 63.9 Å². The Kier molecular flexibility index (Phi) is 5.56. The Balaban J connectivity index is 2.19. The summed E-state index contributed by atoms with van der Waals surface area (Å²) in [7, 11) is 0.444. The van der Waals surface area contributed by atoms with Crippen LogP contribution in [0.3, 0.4) is 0 Å². The SMILES string of the molecule is CN(C)CCOCCNS(=O)(=O)c1cn[nH]c1. The van der Waals surface area contributed by atoms with E-state index in [1.165, 1.54) is 12.4 Å². The molecule has 0 saturated carbocycles. The first kappa shape index (κ1) is 14.1. The van der Waals surface area contributed by atoms with E-state index in [1.54, 1.807) is 0 Å². The summed E-state index contributed by atoms with van der Waals surface area (Å²) < 4.78 is 30.9. The van der Waals surface area contributed by atoms with Gasteiger partial charge in [0.15, 0.2) is 0 Å². The minimum Gasteiger partial charge on any atom is -0.379 e. The van der Waals surface area contributed by atoms with E-state index in [1.807, 2.05) is 19.0 Å². The molecule has 0 bridgehead atoms. The number of hydrogen-bond acceptors (Lipinski definition) is 5. The largest absolute Gasteiger partial charge is 0.379 e. The summed E-state index contributed by atoms with van der Waals surface area (Å²) in [6.07, 6.45) is 2.59. The number of aromatic nitrogens is 2. The first-order valence-corrected chi connectivity index (χ1v) is 6.71. The maximum absolute atomic E-state index is 11.6. The number of nitrogens with zero attached hydrogens (tertiary/aromatic N) is 2. The summed E-state index contributed by atoms with van der Waals surface area (Å²) in [5.41, 5.74) is 0. The maximum atomic E-state index is 11.6. The average molecular weight is 262 g/mol. The van der Waals surface area contributed by atoms with Gasteiger partial charge in [0.1, 0.15) is 4.90 Å². The Morgan fingerprint density at radius 3 is 2.82 bits per heavy atom. The third-order valence-corrected chi connectivity index (χ3v) is 3.43. The number of likely N-dealkylation sites (N-methyl/N-ethyl adjacent to an activating group) is 1.